The molecule has 0 spiro atoms. The maximum absolute atomic E-state index is 6.39. The number of hydrogen-bond acceptors (Lipinski definition) is 1. The Morgan fingerprint density at radius 3 is 2.04 bits per heavy atom. The van der Waals surface area contributed by atoms with Gasteiger partial charge in [-0.05, 0) is 37.5 Å². The Morgan fingerprint density at radius 1 is 0.786 bits per heavy atom. The van der Waals surface area contributed by atoms with Gasteiger partial charge in [-0.1, -0.05) is 70.2 Å². The molecule has 0 N–H and O–H groups in total. The van der Waals surface area contributed by atoms with Gasteiger partial charge in [-0.25, -0.2) is 0 Å². The predicted octanol–water partition coefficient (Wildman–Crippen LogP) is 7.72. The highest BCUT2D eigenvalue weighted by atomic mass is 16.5. The predicted molar refractivity (Wildman–Crippen MR) is 124 cm³/mol. The van der Waals surface area contributed by atoms with Crippen LogP contribution in [0.4, 0.5) is 0 Å². The van der Waals surface area contributed by atoms with Crippen molar-refractivity contribution in [3.8, 4) is 5.75 Å². The van der Waals surface area contributed by atoms with Crippen LogP contribution in [0.5, 0.6) is 5.75 Å². The molecule has 0 bridgehead atoms. The number of fused-ring (bicyclic) bond motifs is 8. The molecule has 1 aliphatic heterocycles. The van der Waals surface area contributed by atoms with E-state index in [1.807, 2.05) is 27.7 Å². The van der Waals surface area contributed by atoms with E-state index in [2.05, 4.69) is 86.1 Å². The van der Waals surface area contributed by atoms with Crippen molar-refractivity contribution < 1.29 is 4.74 Å². The van der Waals surface area contributed by atoms with E-state index in [9.17, 15) is 0 Å². The summed E-state index contributed by atoms with van der Waals surface area (Å²) in [5, 5.41) is 5.06. The van der Waals surface area contributed by atoms with Gasteiger partial charge in [-0.15, -0.1) is 0 Å². The third-order valence-corrected chi connectivity index (χ3v) is 5.06. The van der Waals surface area contributed by atoms with Crippen LogP contribution in [-0.4, -0.2) is 10.2 Å². The van der Waals surface area contributed by atoms with Gasteiger partial charge < -0.3 is 9.30 Å². The molecule has 0 aliphatic carbocycles. The molecule has 2 heterocycles. The Balaban J connectivity index is 0.000000531. The van der Waals surface area contributed by atoms with E-state index in [1.165, 1.54) is 38.1 Å². The van der Waals surface area contributed by atoms with Crippen LogP contribution in [0.2, 0.25) is 0 Å². The van der Waals surface area contributed by atoms with E-state index in [-0.39, 0.29) is 5.60 Å². The van der Waals surface area contributed by atoms with Gasteiger partial charge in [0.25, 0.3) is 0 Å². The summed E-state index contributed by atoms with van der Waals surface area (Å²) in [5.41, 5.74) is 3.40. The zero-order valence-electron chi connectivity index (χ0n) is 18.1. The third kappa shape index (κ3) is 2.97. The molecule has 0 unspecified atom stereocenters. The van der Waals surface area contributed by atoms with Crippen molar-refractivity contribution in [2.24, 2.45) is 7.05 Å². The second-order valence-corrected chi connectivity index (χ2v) is 7.13. The molecule has 1 aromatic heterocycles. The zero-order chi connectivity index (χ0) is 20.5. The number of rotatable bonds is 0. The van der Waals surface area contributed by atoms with Crippen molar-refractivity contribution in [3.05, 3.63) is 60.2 Å². The van der Waals surface area contributed by atoms with Crippen LogP contribution in [0.1, 0.15) is 47.1 Å². The van der Waals surface area contributed by atoms with Crippen LogP contribution in [0, 0.1) is 0 Å². The zero-order valence-corrected chi connectivity index (χ0v) is 18.1. The summed E-state index contributed by atoms with van der Waals surface area (Å²) >= 11 is 0. The summed E-state index contributed by atoms with van der Waals surface area (Å²) in [6, 6.07) is 17.2. The van der Waals surface area contributed by atoms with Crippen molar-refractivity contribution in [1.29, 1.82) is 0 Å². The van der Waals surface area contributed by atoms with Crippen LogP contribution in [0.25, 0.3) is 38.7 Å². The Morgan fingerprint density at radius 2 is 1.36 bits per heavy atom. The molecule has 0 fully saturated rings. The normalized spacial score (nSPS) is 14.0. The molecule has 1 aliphatic rings. The van der Waals surface area contributed by atoms with Crippen molar-refractivity contribution in [1.82, 2.24) is 4.57 Å². The molecular formula is C26H31NO. The maximum Gasteiger partial charge on any atom is 0.137 e. The molecule has 5 rings (SSSR count). The van der Waals surface area contributed by atoms with Crippen LogP contribution in [0.3, 0.4) is 0 Å². The summed E-state index contributed by atoms with van der Waals surface area (Å²) in [6.45, 7) is 12.2. The van der Waals surface area contributed by atoms with E-state index in [4.69, 9.17) is 4.74 Å². The van der Waals surface area contributed by atoms with E-state index in [0.717, 1.165) is 5.75 Å². The highest BCUT2D eigenvalue weighted by Gasteiger charge is 2.27. The van der Waals surface area contributed by atoms with E-state index in [1.54, 1.807) is 0 Å². The average Bonchev–Trinajstić information content (AvgIpc) is 3.04. The van der Waals surface area contributed by atoms with Crippen LogP contribution < -0.4 is 4.74 Å². The van der Waals surface area contributed by atoms with Crippen molar-refractivity contribution in [2.45, 2.75) is 47.1 Å². The number of aryl methyl sites for hydroxylation is 1. The van der Waals surface area contributed by atoms with E-state index < -0.39 is 0 Å². The molecule has 0 amide bonds. The summed E-state index contributed by atoms with van der Waals surface area (Å²) < 4.78 is 8.69. The Hall–Kier alpha value is -2.74. The number of nitrogens with zero attached hydrogens (tertiary/aromatic N) is 1. The molecule has 4 aromatic rings. The van der Waals surface area contributed by atoms with Gasteiger partial charge in [-0.2, -0.15) is 0 Å². The van der Waals surface area contributed by atoms with Crippen LogP contribution in [0.15, 0.2) is 54.6 Å². The first-order chi connectivity index (χ1) is 13.6. The molecular weight excluding hydrogens is 342 g/mol. The number of aromatic nitrogens is 1. The summed E-state index contributed by atoms with van der Waals surface area (Å²) in [4.78, 5) is 0. The van der Waals surface area contributed by atoms with E-state index in [0.29, 0.717) is 0 Å². The molecule has 0 saturated carbocycles. The second kappa shape index (κ2) is 7.71. The number of hydrogen-bond donors (Lipinski definition) is 0. The van der Waals surface area contributed by atoms with Crippen LogP contribution >= 0.6 is 0 Å². The van der Waals surface area contributed by atoms with Crippen molar-refractivity contribution in [3.63, 3.8) is 0 Å². The first kappa shape index (κ1) is 20.0. The second-order valence-electron chi connectivity index (χ2n) is 7.13. The van der Waals surface area contributed by atoms with E-state index >= 15 is 0 Å². The molecule has 0 atom stereocenters. The highest BCUT2D eigenvalue weighted by molar-refractivity contribution is 6.24. The lowest BCUT2D eigenvalue weighted by molar-refractivity contribution is 0.162. The minimum Gasteiger partial charge on any atom is -0.482 e. The van der Waals surface area contributed by atoms with Crippen LogP contribution in [-0.2, 0) is 7.05 Å². The summed E-state index contributed by atoms with van der Waals surface area (Å²) in [6.07, 6.45) is 4.38. The highest BCUT2D eigenvalue weighted by Crippen LogP contribution is 2.45. The Kier molecular flexibility index (Phi) is 5.51. The standard InChI is InChI=1S/C22H19NO.2C2H6/c1-22(2)13-12-17-20-19(16-10-6-7-11-18(16)23(20)3)14-8-4-5-9-15(14)21(17)24-22;2*1-2/h4-13H,1-3H3;2*1-2H3. The molecule has 146 valence electrons. The monoisotopic (exact) mass is 373 g/mol. The average molecular weight is 374 g/mol. The topological polar surface area (TPSA) is 14.2 Å². The van der Waals surface area contributed by atoms with Gasteiger partial charge in [0.05, 0.1) is 5.52 Å². The van der Waals surface area contributed by atoms with Crippen molar-refractivity contribution in [2.75, 3.05) is 0 Å². The van der Waals surface area contributed by atoms with Gasteiger partial charge in [0.15, 0.2) is 0 Å². The smallest absolute Gasteiger partial charge is 0.137 e. The van der Waals surface area contributed by atoms with Gasteiger partial charge in [0.1, 0.15) is 11.4 Å². The molecule has 2 heteroatoms. The molecule has 3 aromatic carbocycles. The lowest BCUT2D eigenvalue weighted by Crippen LogP contribution is -2.27. The molecule has 0 saturated heterocycles. The first-order valence-corrected chi connectivity index (χ1v) is 10.4. The molecule has 2 nitrogen and oxygen atoms in total. The van der Waals surface area contributed by atoms with Gasteiger partial charge in [0, 0.05) is 34.3 Å². The Bertz CT molecular complexity index is 1160. The SMILES string of the molecule is CC.CC.Cn1c2ccccc2c2c3ccccc3c3c(c21)C=CC(C)(C)O3. The van der Waals surface area contributed by atoms with Crippen molar-refractivity contribution >= 4 is 38.7 Å². The minimum absolute atomic E-state index is 0.284. The maximum atomic E-state index is 6.39. The minimum atomic E-state index is -0.284. The fourth-order valence-corrected chi connectivity index (χ4v) is 3.98. The lowest BCUT2D eigenvalue weighted by Gasteiger charge is -2.29. The van der Waals surface area contributed by atoms with Gasteiger partial charge in [-0.3, -0.25) is 0 Å². The number of ether oxygens (including phenoxy) is 1. The fourth-order valence-electron chi connectivity index (χ4n) is 3.98. The first-order valence-electron chi connectivity index (χ1n) is 10.4. The fraction of sp³-hybridized carbons (Fsp3) is 0.308. The van der Waals surface area contributed by atoms with Gasteiger partial charge >= 0.3 is 0 Å². The quantitative estimate of drug-likeness (QED) is 0.308. The summed E-state index contributed by atoms with van der Waals surface area (Å²) in [5.74, 6) is 0.997. The number of para-hydroxylation sites is 1. The third-order valence-electron chi connectivity index (χ3n) is 5.06. The lowest BCUT2D eigenvalue weighted by atomic mass is 9.94. The largest absolute Gasteiger partial charge is 0.482 e. The number of benzene rings is 3. The molecule has 0 radical (unpaired) electrons. The van der Waals surface area contributed by atoms with Gasteiger partial charge in [0.2, 0.25) is 0 Å². The summed E-state index contributed by atoms with van der Waals surface area (Å²) in [7, 11) is 2.15. The molecule has 28 heavy (non-hydrogen) atoms. The Labute approximate surface area is 168 Å².